The molecular formula is C6H12N4O2. The van der Waals surface area contributed by atoms with E-state index in [0.717, 1.165) is 0 Å². The maximum Gasteiger partial charge on any atom is 0.407 e. The molecule has 0 aromatic rings. The first-order chi connectivity index (χ1) is 5.59. The summed E-state index contributed by atoms with van der Waals surface area (Å²) < 4.78 is 0. The van der Waals surface area contributed by atoms with Crippen LogP contribution in [0.1, 0.15) is 6.42 Å². The minimum atomic E-state index is -0.914. The predicted molar refractivity (Wildman–Crippen MR) is 43.1 cm³/mol. The topological polar surface area (TPSA) is 102 Å². The summed E-state index contributed by atoms with van der Waals surface area (Å²) in [6.07, 6.45) is -0.200. The Morgan fingerprint density at radius 2 is 2.42 bits per heavy atom. The lowest BCUT2D eigenvalue weighted by Crippen LogP contribution is -2.41. The molecule has 0 bridgehead atoms. The van der Waals surface area contributed by atoms with E-state index in [4.69, 9.17) is 16.2 Å². The van der Waals surface area contributed by atoms with Gasteiger partial charge in [-0.3, -0.25) is 5.41 Å². The van der Waals surface area contributed by atoms with E-state index in [-0.39, 0.29) is 12.0 Å². The van der Waals surface area contributed by atoms with E-state index in [2.05, 4.69) is 5.32 Å². The van der Waals surface area contributed by atoms with Gasteiger partial charge in [-0.15, -0.1) is 0 Å². The number of guanidine groups is 1. The van der Waals surface area contributed by atoms with Gasteiger partial charge in [0.2, 0.25) is 0 Å². The van der Waals surface area contributed by atoms with Gasteiger partial charge in [-0.05, 0) is 6.42 Å². The summed E-state index contributed by atoms with van der Waals surface area (Å²) in [7, 11) is 0. The summed E-state index contributed by atoms with van der Waals surface area (Å²) in [6.45, 7) is 0.926. The standard InChI is InChI=1S/C6H12N4O2/c7-5(8)9-4-1-2-10(3-4)6(11)12/h4H,1-3H2,(H,11,12)(H4,7,8,9). The molecule has 1 heterocycles. The van der Waals surface area contributed by atoms with Gasteiger partial charge in [0.15, 0.2) is 5.96 Å². The fourth-order valence-corrected chi connectivity index (χ4v) is 1.27. The van der Waals surface area contributed by atoms with E-state index in [1.807, 2.05) is 0 Å². The van der Waals surface area contributed by atoms with E-state index < -0.39 is 6.09 Å². The van der Waals surface area contributed by atoms with Gasteiger partial charge >= 0.3 is 6.09 Å². The second kappa shape index (κ2) is 3.29. The van der Waals surface area contributed by atoms with Crippen LogP contribution in [0.3, 0.4) is 0 Å². The predicted octanol–water partition coefficient (Wildman–Crippen LogP) is -0.778. The summed E-state index contributed by atoms with van der Waals surface area (Å²) in [4.78, 5) is 11.8. The first kappa shape index (κ1) is 8.63. The fourth-order valence-electron chi connectivity index (χ4n) is 1.27. The smallest absolute Gasteiger partial charge is 0.407 e. The molecule has 0 aromatic heterocycles. The molecule has 0 saturated carbocycles. The first-order valence-corrected chi connectivity index (χ1v) is 3.68. The molecule has 6 heteroatoms. The minimum absolute atomic E-state index is 0.00130. The highest BCUT2D eigenvalue weighted by molar-refractivity contribution is 5.74. The van der Waals surface area contributed by atoms with Crippen LogP contribution in [-0.4, -0.2) is 41.2 Å². The van der Waals surface area contributed by atoms with Gasteiger partial charge in [0.1, 0.15) is 0 Å². The van der Waals surface area contributed by atoms with Gasteiger partial charge in [-0.1, -0.05) is 0 Å². The lowest BCUT2D eigenvalue weighted by atomic mass is 10.3. The molecule has 5 N–H and O–H groups in total. The van der Waals surface area contributed by atoms with E-state index in [1.165, 1.54) is 4.90 Å². The molecule has 1 atom stereocenters. The normalized spacial score (nSPS) is 22.3. The van der Waals surface area contributed by atoms with Crippen LogP contribution in [0.15, 0.2) is 0 Å². The summed E-state index contributed by atoms with van der Waals surface area (Å²) in [5.74, 6) is -0.104. The third kappa shape index (κ3) is 2.01. The van der Waals surface area contributed by atoms with E-state index in [1.54, 1.807) is 0 Å². The van der Waals surface area contributed by atoms with E-state index in [9.17, 15) is 4.79 Å². The van der Waals surface area contributed by atoms with Crippen LogP contribution in [0.25, 0.3) is 0 Å². The molecular weight excluding hydrogens is 160 g/mol. The average molecular weight is 172 g/mol. The summed E-state index contributed by atoms with van der Waals surface area (Å²) in [5.41, 5.74) is 5.10. The SMILES string of the molecule is N=C(N)NC1CCN(C(=O)O)C1. The average Bonchev–Trinajstić information content (AvgIpc) is 2.34. The van der Waals surface area contributed by atoms with Crippen LogP contribution in [-0.2, 0) is 0 Å². The zero-order chi connectivity index (χ0) is 9.14. The van der Waals surface area contributed by atoms with Crippen molar-refractivity contribution in [2.75, 3.05) is 13.1 Å². The van der Waals surface area contributed by atoms with Crippen molar-refractivity contribution in [2.45, 2.75) is 12.5 Å². The number of rotatable bonds is 1. The molecule has 0 spiro atoms. The Morgan fingerprint density at radius 1 is 1.75 bits per heavy atom. The number of likely N-dealkylation sites (tertiary alicyclic amines) is 1. The molecule has 68 valence electrons. The molecule has 0 radical (unpaired) electrons. The van der Waals surface area contributed by atoms with Gasteiger partial charge in [0, 0.05) is 19.1 Å². The number of nitrogens with zero attached hydrogens (tertiary/aromatic N) is 1. The van der Waals surface area contributed by atoms with Crippen molar-refractivity contribution in [1.82, 2.24) is 10.2 Å². The quantitative estimate of drug-likeness (QED) is 0.308. The molecule has 1 aliphatic heterocycles. The Hall–Kier alpha value is -1.46. The maximum atomic E-state index is 10.4. The van der Waals surface area contributed by atoms with Gasteiger partial charge in [-0.2, -0.15) is 0 Å². The summed E-state index contributed by atoms with van der Waals surface area (Å²) >= 11 is 0. The highest BCUT2D eigenvalue weighted by atomic mass is 16.4. The Labute approximate surface area is 69.8 Å². The number of nitrogens with two attached hydrogens (primary N) is 1. The molecule has 1 aliphatic rings. The molecule has 1 rings (SSSR count). The van der Waals surface area contributed by atoms with Gasteiger partial charge in [-0.25, -0.2) is 4.79 Å². The number of carbonyl (C=O) groups is 1. The van der Waals surface area contributed by atoms with Gasteiger partial charge in [0.05, 0.1) is 0 Å². The molecule has 6 nitrogen and oxygen atoms in total. The lowest BCUT2D eigenvalue weighted by molar-refractivity contribution is 0.155. The van der Waals surface area contributed by atoms with Crippen LogP contribution in [0.2, 0.25) is 0 Å². The molecule has 1 fully saturated rings. The van der Waals surface area contributed by atoms with Crippen molar-refractivity contribution in [3.63, 3.8) is 0 Å². The van der Waals surface area contributed by atoms with Crippen molar-refractivity contribution in [3.05, 3.63) is 0 Å². The third-order valence-electron chi connectivity index (χ3n) is 1.82. The molecule has 12 heavy (non-hydrogen) atoms. The molecule has 0 aromatic carbocycles. The minimum Gasteiger partial charge on any atom is -0.465 e. The number of hydrogen-bond acceptors (Lipinski definition) is 2. The number of carboxylic acid groups (broad SMARTS) is 1. The highest BCUT2D eigenvalue weighted by Gasteiger charge is 2.25. The van der Waals surface area contributed by atoms with E-state index >= 15 is 0 Å². The second-order valence-electron chi connectivity index (χ2n) is 2.77. The zero-order valence-electron chi connectivity index (χ0n) is 6.58. The molecule has 1 saturated heterocycles. The van der Waals surface area contributed by atoms with Gasteiger partial charge in [0.25, 0.3) is 0 Å². The van der Waals surface area contributed by atoms with Crippen molar-refractivity contribution in [3.8, 4) is 0 Å². The summed E-state index contributed by atoms with van der Waals surface area (Å²) in [6, 6.07) is -0.00130. The monoisotopic (exact) mass is 172 g/mol. The Bertz CT molecular complexity index is 206. The van der Waals surface area contributed by atoms with Crippen molar-refractivity contribution in [1.29, 1.82) is 5.41 Å². The van der Waals surface area contributed by atoms with Gasteiger partial charge < -0.3 is 21.1 Å². The van der Waals surface area contributed by atoms with Crippen molar-refractivity contribution < 1.29 is 9.90 Å². The molecule has 1 unspecified atom stereocenters. The Morgan fingerprint density at radius 3 is 2.83 bits per heavy atom. The third-order valence-corrected chi connectivity index (χ3v) is 1.82. The lowest BCUT2D eigenvalue weighted by Gasteiger charge is -2.13. The van der Waals surface area contributed by atoms with Crippen LogP contribution in [0.5, 0.6) is 0 Å². The van der Waals surface area contributed by atoms with Crippen LogP contribution in [0.4, 0.5) is 4.79 Å². The van der Waals surface area contributed by atoms with Crippen LogP contribution >= 0.6 is 0 Å². The highest BCUT2D eigenvalue weighted by Crippen LogP contribution is 2.08. The first-order valence-electron chi connectivity index (χ1n) is 3.68. The van der Waals surface area contributed by atoms with Crippen molar-refractivity contribution in [2.24, 2.45) is 5.73 Å². The zero-order valence-corrected chi connectivity index (χ0v) is 6.58. The Balaban J connectivity index is 2.35. The Kier molecular flexibility index (Phi) is 2.37. The number of amides is 1. The fraction of sp³-hybridized carbons (Fsp3) is 0.667. The largest absolute Gasteiger partial charge is 0.465 e. The van der Waals surface area contributed by atoms with Crippen LogP contribution in [0, 0.1) is 5.41 Å². The number of nitrogens with one attached hydrogen (secondary N) is 2. The second-order valence-corrected chi connectivity index (χ2v) is 2.77. The maximum absolute atomic E-state index is 10.4. The number of hydrogen-bond donors (Lipinski definition) is 4. The van der Waals surface area contributed by atoms with Crippen molar-refractivity contribution >= 4 is 12.1 Å². The van der Waals surface area contributed by atoms with Crippen LogP contribution < -0.4 is 11.1 Å². The van der Waals surface area contributed by atoms with E-state index in [0.29, 0.717) is 19.5 Å². The molecule has 0 aliphatic carbocycles. The molecule has 1 amide bonds. The summed E-state index contributed by atoms with van der Waals surface area (Å²) in [5, 5.41) is 18.2.